The predicted molar refractivity (Wildman–Crippen MR) is 181 cm³/mol. The van der Waals surface area contributed by atoms with Crippen molar-refractivity contribution in [3.8, 4) is 0 Å². The third-order valence-electron chi connectivity index (χ3n) is 7.47. The number of phosphoric ester groups is 1. The van der Waals surface area contributed by atoms with Gasteiger partial charge in [-0.15, -0.1) is 0 Å². The molecule has 0 amide bonds. The molecule has 0 spiro atoms. The predicted octanol–water partition coefficient (Wildman–Crippen LogP) is -4.06. The Bertz CT molecular complexity index is 2400. The maximum absolute atomic E-state index is 12.1. The maximum Gasteiger partial charge on any atom is 0.490 e. The van der Waals surface area contributed by atoms with Crippen molar-refractivity contribution in [3.63, 3.8) is 0 Å². The Morgan fingerprint density at radius 3 is 1.49 bits per heavy atom. The molecule has 0 saturated carbocycles. The van der Waals surface area contributed by atoms with Gasteiger partial charge in [-0.3, -0.25) is 13.7 Å². The Morgan fingerprint density at radius 2 is 1.05 bits per heavy atom. The van der Waals surface area contributed by atoms with Gasteiger partial charge in [0.15, 0.2) is 41.7 Å². The van der Waals surface area contributed by atoms with E-state index in [1.165, 1.54) is 17.2 Å². The maximum atomic E-state index is 12.1. The minimum Gasteiger partial charge on any atom is -0.394 e. The molecule has 16 N–H and O–H groups in total. The quantitative estimate of drug-likeness (QED) is 0.0422. The third-order valence-corrected chi connectivity index (χ3v) is 14.6. The fourth-order valence-corrected chi connectivity index (χ4v) is 11.1. The lowest BCUT2D eigenvalue weighted by Gasteiger charge is -2.24. The summed E-state index contributed by atoms with van der Waals surface area (Å²) in [6.07, 6.45) is -9.71. The molecule has 2 aliphatic heterocycles. The molecule has 6 heterocycles. The van der Waals surface area contributed by atoms with Crippen molar-refractivity contribution in [2.45, 2.75) is 55.4 Å². The summed E-state index contributed by atoms with van der Waals surface area (Å²) < 4.78 is 88.4. The van der Waals surface area contributed by atoms with Crippen LogP contribution in [0.5, 0.6) is 0 Å². The molecule has 34 nitrogen and oxygen atoms in total. The number of hydrogen-bond donors (Lipinski definition) is 14. The van der Waals surface area contributed by atoms with Gasteiger partial charge in [0.2, 0.25) is 0 Å². The highest BCUT2D eigenvalue weighted by Crippen LogP contribution is 2.73. The van der Waals surface area contributed by atoms with E-state index in [0.29, 0.717) is 11.2 Å². The largest absolute Gasteiger partial charge is 0.490 e. The molecule has 0 aromatic carbocycles. The van der Waals surface area contributed by atoms with Gasteiger partial charge < -0.3 is 80.9 Å². The van der Waals surface area contributed by atoms with Crippen LogP contribution >= 0.6 is 39.1 Å². The fourth-order valence-electron chi connectivity index (χ4n) is 5.16. The number of anilines is 2. The average molecular weight is 950 g/mol. The van der Waals surface area contributed by atoms with Crippen LogP contribution in [0.4, 0.5) is 11.6 Å². The normalized spacial score (nSPS) is 29.6. The number of nitrogen functional groups attached to an aromatic ring is 2. The van der Waals surface area contributed by atoms with Gasteiger partial charge in [0.1, 0.15) is 60.3 Å². The number of aliphatic hydroxyl groups is 6. The molecule has 5 unspecified atom stereocenters. The van der Waals surface area contributed by atoms with Gasteiger partial charge >= 0.3 is 39.1 Å². The van der Waals surface area contributed by atoms with Crippen LogP contribution in [-0.4, -0.2) is 149 Å². The second kappa shape index (κ2) is 17.5. The van der Waals surface area contributed by atoms with E-state index in [-0.39, 0.29) is 22.8 Å². The summed E-state index contributed by atoms with van der Waals surface area (Å²) in [4.78, 5) is 77.7. The molecular weight excluding hydrogens is 919 g/mol. The Labute approximate surface area is 324 Å². The molecule has 6 rings (SSSR count). The van der Waals surface area contributed by atoms with Gasteiger partial charge in [-0.25, -0.2) is 52.7 Å². The van der Waals surface area contributed by atoms with E-state index in [9.17, 15) is 63.0 Å². The standard InChI is InChI=1S/C10H18N5O20P5.C10H13N5O4/c11-7-3-8(13-1-12-7)15(2-14-3)9-5(17)4(16)6(30-9)10(18)31-37(22,23)33-39(26,27)35-40(28,29)34-38(24,25)32-36(19,20)21;11-8-5-9(13-2-12-8)15(3-14-5)10-7(18)6(17)4(1-16)19-10/h1-2,4-6,9-10,16-18H,(H,22,23)(H,24,25)(H,26,27)(H,28,29)(H2,11,12,13)(H2,19,20,21);2-4,6-7,10,16-18H,1H2,(H2,11,12,13)/t4-,5+,6-,9+,10?;4-,6-,7-,10-/m01/s1. The molecule has 2 fully saturated rings. The third kappa shape index (κ3) is 11.1. The molecule has 330 valence electrons. The molecule has 13 atom stereocenters. The van der Waals surface area contributed by atoms with Gasteiger partial charge in [0.25, 0.3) is 0 Å². The first-order valence-corrected chi connectivity index (χ1v) is 22.7. The minimum atomic E-state index is -6.34. The number of imidazole rings is 2. The first-order chi connectivity index (χ1) is 27.1. The highest BCUT2D eigenvalue weighted by Gasteiger charge is 2.52. The lowest BCUT2D eigenvalue weighted by atomic mass is 10.1. The SMILES string of the molecule is Nc1ncnc2c1ncn2[C@@H]1O[C@H](C(O)OP(=O)(O)OP(=O)(O)OP(=O)(O)OP(=O)(O)OP(=O)(O)O)[C@@H](O)[C@H]1O.Nc1ncnc2c1ncn2[C@@H]1O[C@H](CO)[C@@H](O)[C@H]1O. The number of hydrogen-bond acceptors (Lipinski definition) is 26. The van der Waals surface area contributed by atoms with Crippen LogP contribution in [0.3, 0.4) is 0 Å². The van der Waals surface area contributed by atoms with Gasteiger partial charge in [-0.05, 0) is 0 Å². The van der Waals surface area contributed by atoms with Gasteiger partial charge in [-0.2, -0.15) is 17.2 Å². The number of nitrogens with two attached hydrogens (primary N) is 2. The topological polar surface area (TPSA) is 532 Å². The summed E-state index contributed by atoms with van der Waals surface area (Å²) in [5, 5.41) is 59.5. The van der Waals surface area contributed by atoms with Gasteiger partial charge in [0.05, 0.1) is 19.3 Å². The Hall–Kier alpha value is -2.91. The number of ether oxygens (including phenoxy) is 2. The van der Waals surface area contributed by atoms with Crippen molar-refractivity contribution in [2.24, 2.45) is 0 Å². The lowest BCUT2D eigenvalue weighted by molar-refractivity contribution is -0.160. The molecule has 0 aliphatic carbocycles. The summed E-state index contributed by atoms with van der Waals surface area (Å²) in [5.74, 6) is 0.148. The number of nitrogens with zero attached hydrogens (tertiary/aromatic N) is 8. The number of aliphatic hydroxyl groups excluding tert-OH is 6. The molecule has 2 saturated heterocycles. The van der Waals surface area contributed by atoms with E-state index in [0.717, 1.165) is 17.2 Å². The number of phosphoric acid groups is 5. The Balaban J connectivity index is 0.000000287. The minimum absolute atomic E-state index is 0.0105. The van der Waals surface area contributed by atoms with Crippen molar-refractivity contribution in [1.82, 2.24) is 39.0 Å². The molecule has 59 heavy (non-hydrogen) atoms. The van der Waals surface area contributed by atoms with Crippen LogP contribution in [0.15, 0.2) is 25.3 Å². The molecular formula is C20H31N10O24P5. The summed E-state index contributed by atoms with van der Waals surface area (Å²) in [5.41, 5.74) is 12.1. The molecule has 0 bridgehead atoms. The second-order valence-electron chi connectivity index (χ2n) is 11.6. The highest BCUT2D eigenvalue weighted by molar-refractivity contribution is 7.71. The van der Waals surface area contributed by atoms with Crippen LogP contribution in [0.1, 0.15) is 12.5 Å². The van der Waals surface area contributed by atoms with E-state index in [4.69, 9.17) is 40.7 Å². The monoisotopic (exact) mass is 950 g/mol. The van der Waals surface area contributed by atoms with E-state index in [1.807, 2.05) is 0 Å². The number of fused-ring (bicyclic) bond motifs is 2. The van der Waals surface area contributed by atoms with Gasteiger partial charge in [-0.1, -0.05) is 0 Å². The van der Waals surface area contributed by atoms with E-state index in [1.54, 1.807) is 0 Å². The average Bonchev–Trinajstić information content (AvgIpc) is 3.84. The first-order valence-electron chi connectivity index (χ1n) is 15.2. The first kappa shape index (κ1) is 47.1. The van der Waals surface area contributed by atoms with Crippen LogP contribution in [0.25, 0.3) is 22.3 Å². The Kier molecular flexibility index (Phi) is 13.9. The van der Waals surface area contributed by atoms with Crippen molar-refractivity contribution >= 4 is 73.1 Å². The van der Waals surface area contributed by atoms with E-state index < -0.39 is 101 Å². The molecule has 0 radical (unpaired) electrons. The van der Waals surface area contributed by atoms with Crippen molar-refractivity contribution in [3.05, 3.63) is 25.3 Å². The number of aromatic nitrogens is 8. The molecule has 4 aromatic rings. The molecule has 39 heteroatoms. The van der Waals surface area contributed by atoms with E-state index >= 15 is 0 Å². The zero-order valence-corrected chi connectivity index (χ0v) is 32.9. The van der Waals surface area contributed by atoms with Crippen molar-refractivity contribution in [2.75, 3.05) is 18.1 Å². The molecule has 2 aliphatic rings. The number of rotatable bonds is 14. The molecule has 4 aromatic heterocycles. The van der Waals surface area contributed by atoms with Crippen LogP contribution in [-0.2, 0) is 54.1 Å². The lowest BCUT2D eigenvalue weighted by Crippen LogP contribution is -2.39. The van der Waals surface area contributed by atoms with E-state index in [2.05, 4.69) is 51.7 Å². The van der Waals surface area contributed by atoms with Gasteiger partial charge in [0, 0.05) is 0 Å². The zero-order valence-electron chi connectivity index (χ0n) is 28.4. The van der Waals surface area contributed by atoms with Crippen LogP contribution in [0, 0.1) is 0 Å². The summed E-state index contributed by atoms with van der Waals surface area (Å²) in [7, 11) is -30.7. The zero-order chi connectivity index (χ0) is 44.0. The summed E-state index contributed by atoms with van der Waals surface area (Å²) in [6, 6.07) is 0. The summed E-state index contributed by atoms with van der Waals surface area (Å²) >= 11 is 0. The van der Waals surface area contributed by atoms with Crippen LogP contribution in [0.2, 0.25) is 0 Å². The second-order valence-corrected chi connectivity index (χ2v) is 19.1. The van der Waals surface area contributed by atoms with Crippen LogP contribution < -0.4 is 11.5 Å². The summed E-state index contributed by atoms with van der Waals surface area (Å²) in [6.45, 7) is -0.390. The highest BCUT2D eigenvalue weighted by atomic mass is 31.3. The van der Waals surface area contributed by atoms with Crippen molar-refractivity contribution in [1.29, 1.82) is 0 Å². The van der Waals surface area contributed by atoms with Crippen molar-refractivity contribution < 1.29 is 114 Å². The Morgan fingerprint density at radius 1 is 0.627 bits per heavy atom. The smallest absolute Gasteiger partial charge is 0.394 e. The fraction of sp³-hybridized carbons (Fsp3) is 0.500.